The summed E-state index contributed by atoms with van der Waals surface area (Å²) < 4.78 is 0. The third-order valence-electron chi connectivity index (χ3n) is 3.54. The second-order valence-electron chi connectivity index (χ2n) is 6.26. The fourth-order valence-corrected chi connectivity index (χ4v) is 2.04. The van der Waals surface area contributed by atoms with E-state index in [4.69, 9.17) is 5.11 Å². The number of hydrogen-bond donors (Lipinski definition) is 3. The van der Waals surface area contributed by atoms with Crippen LogP contribution in [-0.2, 0) is 4.79 Å². The first-order valence-electron chi connectivity index (χ1n) is 6.49. The SMILES string of the molecule is CC(C)CC(NC(=O)NCC1CC1(C)C)C(=O)O. The van der Waals surface area contributed by atoms with Gasteiger partial charge < -0.3 is 15.7 Å². The quantitative estimate of drug-likeness (QED) is 0.678. The predicted molar refractivity (Wildman–Crippen MR) is 69.3 cm³/mol. The molecule has 3 N–H and O–H groups in total. The maximum Gasteiger partial charge on any atom is 0.326 e. The van der Waals surface area contributed by atoms with E-state index < -0.39 is 12.0 Å². The molecule has 0 radical (unpaired) electrons. The van der Waals surface area contributed by atoms with Gasteiger partial charge in [-0.1, -0.05) is 27.7 Å². The van der Waals surface area contributed by atoms with Crippen LogP contribution in [0.15, 0.2) is 0 Å². The molecule has 1 rings (SSSR count). The van der Waals surface area contributed by atoms with Crippen LogP contribution in [0.2, 0.25) is 0 Å². The molecule has 0 spiro atoms. The number of carbonyl (C=O) groups excluding carboxylic acids is 1. The highest BCUT2D eigenvalue weighted by Crippen LogP contribution is 2.50. The first-order chi connectivity index (χ1) is 8.22. The second kappa shape index (κ2) is 5.59. The topological polar surface area (TPSA) is 78.4 Å². The fourth-order valence-electron chi connectivity index (χ4n) is 2.04. The smallest absolute Gasteiger partial charge is 0.326 e. The monoisotopic (exact) mass is 256 g/mol. The van der Waals surface area contributed by atoms with Gasteiger partial charge in [-0.3, -0.25) is 0 Å². The van der Waals surface area contributed by atoms with Crippen molar-refractivity contribution in [3.05, 3.63) is 0 Å². The third kappa shape index (κ3) is 4.55. The van der Waals surface area contributed by atoms with Crippen molar-refractivity contribution in [1.29, 1.82) is 0 Å². The standard InChI is InChI=1S/C13H24N2O3/c1-8(2)5-10(11(16)17)15-12(18)14-7-9-6-13(9,3)4/h8-10H,5-7H2,1-4H3,(H,16,17)(H2,14,15,18). The Balaban J connectivity index is 2.30. The summed E-state index contributed by atoms with van der Waals surface area (Å²) in [6.07, 6.45) is 1.55. The molecule has 0 aliphatic heterocycles. The van der Waals surface area contributed by atoms with E-state index in [0.717, 1.165) is 6.42 Å². The zero-order chi connectivity index (χ0) is 13.9. The van der Waals surface area contributed by atoms with E-state index in [9.17, 15) is 9.59 Å². The number of hydrogen-bond acceptors (Lipinski definition) is 2. The normalized spacial score (nSPS) is 22.4. The van der Waals surface area contributed by atoms with Gasteiger partial charge in [-0.2, -0.15) is 0 Å². The molecule has 1 aliphatic rings. The highest BCUT2D eigenvalue weighted by molar-refractivity contribution is 5.82. The summed E-state index contributed by atoms with van der Waals surface area (Å²) in [4.78, 5) is 22.6. The predicted octanol–water partition coefficient (Wildman–Crippen LogP) is 1.83. The maximum atomic E-state index is 11.6. The minimum Gasteiger partial charge on any atom is -0.480 e. The van der Waals surface area contributed by atoms with Gasteiger partial charge in [0, 0.05) is 6.54 Å². The van der Waals surface area contributed by atoms with Crippen molar-refractivity contribution < 1.29 is 14.7 Å². The number of carbonyl (C=O) groups is 2. The Morgan fingerprint density at radius 1 is 1.39 bits per heavy atom. The lowest BCUT2D eigenvalue weighted by Gasteiger charge is -2.17. The molecule has 104 valence electrons. The molecule has 2 unspecified atom stereocenters. The summed E-state index contributed by atoms with van der Waals surface area (Å²) >= 11 is 0. The molecular formula is C13H24N2O3. The van der Waals surface area contributed by atoms with E-state index in [1.165, 1.54) is 0 Å². The molecule has 5 heteroatoms. The van der Waals surface area contributed by atoms with Crippen molar-refractivity contribution in [2.45, 2.75) is 46.6 Å². The van der Waals surface area contributed by atoms with Crippen molar-refractivity contribution in [2.24, 2.45) is 17.3 Å². The summed E-state index contributed by atoms with van der Waals surface area (Å²) in [7, 11) is 0. The summed E-state index contributed by atoms with van der Waals surface area (Å²) in [5, 5.41) is 14.3. The lowest BCUT2D eigenvalue weighted by atomic mass is 10.0. The molecular weight excluding hydrogens is 232 g/mol. The first-order valence-corrected chi connectivity index (χ1v) is 6.49. The summed E-state index contributed by atoms with van der Waals surface area (Å²) in [5.74, 6) is -0.240. The van der Waals surface area contributed by atoms with Crippen LogP contribution in [0.25, 0.3) is 0 Å². The average molecular weight is 256 g/mol. The minimum atomic E-state index is -0.981. The number of carboxylic acid groups (broad SMARTS) is 1. The van der Waals surface area contributed by atoms with Gasteiger partial charge in [0.05, 0.1) is 0 Å². The zero-order valence-corrected chi connectivity index (χ0v) is 11.6. The van der Waals surface area contributed by atoms with Crippen molar-refractivity contribution in [3.8, 4) is 0 Å². The summed E-state index contributed by atoms with van der Waals surface area (Å²) in [6, 6.07) is -1.19. The van der Waals surface area contributed by atoms with Crippen LogP contribution in [0.5, 0.6) is 0 Å². The van der Waals surface area contributed by atoms with E-state index in [1.807, 2.05) is 13.8 Å². The Morgan fingerprint density at radius 2 is 1.94 bits per heavy atom. The van der Waals surface area contributed by atoms with Gasteiger partial charge >= 0.3 is 12.0 Å². The highest BCUT2D eigenvalue weighted by atomic mass is 16.4. The number of amides is 2. The van der Waals surface area contributed by atoms with Crippen molar-refractivity contribution in [3.63, 3.8) is 0 Å². The van der Waals surface area contributed by atoms with Gasteiger partial charge in [0.1, 0.15) is 6.04 Å². The molecule has 0 aromatic heterocycles. The van der Waals surface area contributed by atoms with Gasteiger partial charge in [0.15, 0.2) is 0 Å². The van der Waals surface area contributed by atoms with E-state index in [1.54, 1.807) is 0 Å². The van der Waals surface area contributed by atoms with Gasteiger partial charge in [0.25, 0.3) is 0 Å². The first kappa shape index (κ1) is 14.8. The second-order valence-corrected chi connectivity index (χ2v) is 6.26. The molecule has 1 aliphatic carbocycles. The number of carboxylic acids is 1. The molecule has 2 amide bonds. The molecule has 1 fully saturated rings. The zero-order valence-electron chi connectivity index (χ0n) is 11.6. The van der Waals surface area contributed by atoms with Crippen LogP contribution in [0.4, 0.5) is 4.79 Å². The molecule has 2 atom stereocenters. The molecule has 1 saturated carbocycles. The molecule has 0 heterocycles. The van der Waals surface area contributed by atoms with E-state index in [0.29, 0.717) is 24.3 Å². The molecule has 0 saturated heterocycles. The Kier molecular flexibility index (Phi) is 4.59. The van der Waals surface area contributed by atoms with Crippen LogP contribution in [-0.4, -0.2) is 29.7 Å². The number of urea groups is 1. The molecule has 0 bridgehead atoms. The lowest BCUT2D eigenvalue weighted by molar-refractivity contribution is -0.139. The van der Waals surface area contributed by atoms with Crippen LogP contribution < -0.4 is 10.6 Å². The Bertz CT molecular complexity index is 326. The van der Waals surface area contributed by atoms with Gasteiger partial charge in [-0.25, -0.2) is 9.59 Å². The summed E-state index contributed by atoms with van der Waals surface area (Å²) in [5.41, 5.74) is 0.317. The van der Waals surface area contributed by atoms with Crippen molar-refractivity contribution >= 4 is 12.0 Å². The van der Waals surface area contributed by atoms with Gasteiger partial charge in [-0.05, 0) is 30.1 Å². The van der Waals surface area contributed by atoms with Crippen LogP contribution >= 0.6 is 0 Å². The average Bonchev–Trinajstić information content (AvgIpc) is 2.82. The Hall–Kier alpha value is -1.26. The number of aliphatic carboxylic acids is 1. The largest absolute Gasteiger partial charge is 0.480 e. The van der Waals surface area contributed by atoms with Crippen LogP contribution in [0.3, 0.4) is 0 Å². The minimum absolute atomic E-state index is 0.230. The Labute approximate surface area is 108 Å². The highest BCUT2D eigenvalue weighted by Gasteiger charge is 2.45. The summed E-state index contributed by atoms with van der Waals surface area (Å²) in [6.45, 7) is 8.81. The number of nitrogens with one attached hydrogen (secondary N) is 2. The molecule has 18 heavy (non-hydrogen) atoms. The Morgan fingerprint density at radius 3 is 2.33 bits per heavy atom. The molecule has 0 aromatic carbocycles. The van der Waals surface area contributed by atoms with Crippen LogP contribution in [0.1, 0.15) is 40.5 Å². The molecule has 0 aromatic rings. The van der Waals surface area contributed by atoms with Crippen LogP contribution in [0, 0.1) is 17.3 Å². The van der Waals surface area contributed by atoms with Crippen molar-refractivity contribution in [2.75, 3.05) is 6.54 Å². The maximum absolute atomic E-state index is 11.6. The van der Waals surface area contributed by atoms with E-state index >= 15 is 0 Å². The number of rotatable bonds is 6. The van der Waals surface area contributed by atoms with E-state index in [2.05, 4.69) is 24.5 Å². The van der Waals surface area contributed by atoms with Crippen molar-refractivity contribution in [1.82, 2.24) is 10.6 Å². The van der Waals surface area contributed by atoms with Gasteiger partial charge in [-0.15, -0.1) is 0 Å². The fraction of sp³-hybridized carbons (Fsp3) is 0.846. The van der Waals surface area contributed by atoms with E-state index in [-0.39, 0.29) is 11.9 Å². The third-order valence-corrected chi connectivity index (χ3v) is 3.54. The lowest BCUT2D eigenvalue weighted by Crippen LogP contribution is -2.47. The van der Waals surface area contributed by atoms with Gasteiger partial charge in [0.2, 0.25) is 0 Å². The molecule has 5 nitrogen and oxygen atoms in total.